The van der Waals surface area contributed by atoms with Gasteiger partial charge in [0.1, 0.15) is 5.52 Å². The number of oxazole rings is 1. The fraction of sp³-hybridized carbons (Fsp3) is 0.185. The predicted octanol–water partition coefficient (Wildman–Crippen LogP) is 5.29. The van der Waals surface area contributed by atoms with E-state index < -0.39 is 0 Å². The standard InChI is InChI=1S/C27H25NO7/c1-30-21-12-8-9-16(25(21)33-4)13-18(27-28-19-10-6-7-11-20(19)35-27)24(29)17-14-22(31-2)26(34-5)23(15-17)32-3/h6-15H,1-5H3/b18-13+. The number of aromatic nitrogens is 1. The molecule has 0 aliphatic heterocycles. The summed E-state index contributed by atoms with van der Waals surface area (Å²) in [6.07, 6.45) is 1.66. The Labute approximate surface area is 202 Å². The molecule has 3 aromatic carbocycles. The smallest absolute Gasteiger partial charge is 0.231 e. The number of Topliss-reactive ketones (excluding diaryl/α,β-unsaturated/α-hetero) is 1. The van der Waals surface area contributed by atoms with Crippen molar-refractivity contribution < 1.29 is 32.9 Å². The molecule has 0 radical (unpaired) electrons. The van der Waals surface area contributed by atoms with Gasteiger partial charge in [-0.1, -0.05) is 24.3 Å². The van der Waals surface area contributed by atoms with Gasteiger partial charge in [-0.2, -0.15) is 0 Å². The first-order valence-electron chi connectivity index (χ1n) is 10.7. The molecule has 8 heteroatoms. The third kappa shape index (κ3) is 4.50. The van der Waals surface area contributed by atoms with Gasteiger partial charge in [0.2, 0.25) is 11.6 Å². The molecule has 0 amide bonds. The molecule has 0 atom stereocenters. The van der Waals surface area contributed by atoms with Gasteiger partial charge in [-0.25, -0.2) is 4.98 Å². The molecule has 0 aliphatic rings. The summed E-state index contributed by atoms with van der Waals surface area (Å²) in [6, 6.07) is 15.9. The van der Waals surface area contributed by atoms with Crippen LogP contribution in [0.1, 0.15) is 21.8 Å². The number of rotatable bonds is 9. The zero-order valence-electron chi connectivity index (χ0n) is 20.1. The molecule has 0 saturated carbocycles. The van der Waals surface area contributed by atoms with E-state index in [1.54, 1.807) is 43.5 Å². The van der Waals surface area contributed by atoms with Crippen LogP contribution < -0.4 is 23.7 Å². The van der Waals surface area contributed by atoms with Gasteiger partial charge in [0.05, 0.1) is 41.1 Å². The zero-order valence-corrected chi connectivity index (χ0v) is 20.1. The molecule has 0 spiro atoms. The van der Waals surface area contributed by atoms with Crippen molar-refractivity contribution in [2.24, 2.45) is 0 Å². The number of hydrogen-bond donors (Lipinski definition) is 0. The molecular formula is C27H25NO7. The highest BCUT2D eigenvalue weighted by Gasteiger charge is 2.24. The normalized spacial score (nSPS) is 11.3. The van der Waals surface area contributed by atoms with Crippen molar-refractivity contribution in [1.82, 2.24) is 4.98 Å². The minimum Gasteiger partial charge on any atom is -0.493 e. The number of carbonyl (C=O) groups is 1. The van der Waals surface area contributed by atoms with Crippen molar-refractivity contribution in [3.05, 3.63) is 71.6 Å². The molecule has 4 aromatic rings. The number of methoxy groups -OCH3 is 5. The number of carbonyl (C=O) groups excluding carboxylic acids is 1. The number of hydrogen-bond acceptors (Lipinski definition) is 8. The maximum Gasteiger partial charge on any atom is 0.231 e. The Bertz CT molecular complexity index is 1350. The molecule has 4 rings (SSSR count). The van der Waals surface area contributed by atoms with Crippen LogP contribution in [0.2, 0.25) is 0 Å². The van der Waals surface area contributed by atoms with Gasteiger partial charge in [-0.3, -0.25) is 4.79 Å². The molecule has 8 nitrogen and oxygen atoms in total. The second-order valence-corrected chi connectivity index (χ2v) is 7.37. The molecule has 0 aliphatic carbocycles. The highest BCUT2D eigenvalue weighted by Crippen LogP contribution is 2.40. The quantitative estimate of drug-likeness (QED) is 0.238. The third-order valence-corrected chi connectivity index (χ3v) is 5.43. The van der Waals surface area contributed by atoms with E-state index in [4.69, 9.17) is 28.1 Å². The summed E-state index contributed by atoms with van der Waals surface area (Å²) in [4.78, 5) is 18.5. The number of ketones is 1. The van der Waals surface area contributed by atoms with E-state index in [0.29, 0.717) is 51.0 Å². The van der Waals surface area contributed by atoms with Crippen LogP contribution in [-0.2, 0) is 0 Å². The van der Waals surface area contributed by atoms with Crippen LogP contribution in [0.3, 0.4) is 0 Å². The van der Waals surface area contributed by atoms with Crippen LogP contribution >= 0.6 is 0 Å². The van der Waals surface area contributed by atoms with Gasteiger partial charge in [-0.15, -0.1) is 0 Å². The van der Waals surface area contributed by atoms with Crippen LogP contribution in [0.25, 0.3) is 22.7 Å². The van der Waals surface area contributed by atoms with E-state index in [2.05, 4.69) is 4.98 Å². The lowest BCUT2D eigenvalue weighted by Crippen LogP contribution is -2.06. The van der Waals surface area contributed by atoms with Crippen LogP contribution in [0.15, 0.2) is 59.0 Å². The van der Waals surface area contributed by atoms with Gasteiger partial charge in [0.15, 0.2) is 34.4 Å². The van der Waals surface area contributed by atoms with Gasteiger partial charge in [0.25, 0.3) is 0 Å². The number of ether oxygens (including phenoxy) is 5. The minimum atomic E-state index is -0.360. The Morgan fingerprint density at radius 1 is 0.771 bits per heavy atom. The number of allylic oxidation sites excluding steroid dienone is 1. The van der Waals surface area contributed by atoms with E-state index in [1.807, 2.05) is 24.3 Å². The second-order valence-electron chi connectivity index (χ2n) is 7.37. The molecule has 0 fully saturated rings. The van der Waals surface area contributed by atoms with Gasteiger partial charge in [0, 0.05) is 11.1 Å². The van der Waals surface area contributed by atoms with E-state index >= 15 is 0 Å². The number of fused-ring (bicyclic) bond motifs is 1. The lowest BCUT2D eigenvalue weighted by atomic mass is 9.99. The van der Waals surface area contributed by atoms with Crippen LogP contribution in [0, 0.1) is 0 Å². The summed E-state index contributed by atoms with van der Waals surface area (Å²) in [5.41, 5.74) is 2.31. The van der Waals surface area contributed by atoms with Crippen molar-refractivity contribution >= 4 is 28.5 Å². The molecule has 180 valence electrons. The minimum absolute atomic E-state index is 0.162. The molecule has 35 heavy (non-hydrogen) atoms. The summed E-state index contributed by atoms with van der Waals surface area (Å²) >= 11 is 0. The van der Waals surface area contributed by atoms with E-state index in [-0.39, 0.29) is 17.2 Å². The molecule has 0 N–H and O–H groups in total. The Balaban J connectivity index is 1.94. The monoisotopic (exact) mass is 475 g/mol. The Morgan fingerprint density at radius 2 is 1.43 bits per heavy atom. The van der Waals surface area contributed by atoms with Crippen molar-refractivity contribution in [1.29, 1.82) is 0 Å². The average molecular weight is 475 g/mol. The summed E-state index contributed by atoms with van der Waals surface area (Å²) in [5.74, 6) is 1.89. The van der Waals surface area contributed by atoms with Crippen molar-refractivity contribution in [2.45, 2.75) is 0 Å². The molecule has 0 saturated heterocycles. The summed E-state index contributed by atoms with van der Waals surface area (Å²) in [7, 11) is 7.57. The Morgan fingerprint density at radius 3 is 2.03 bits per heavy atom. The lowest BCUT2D eigenvalue weighted by molar-refractivity contribution is 0.105. The fourth-order valence-electron chi connectivity index (χ4n) is 3.76. The maximum atomic E-state index is 13.9. The van der Waals surface area contributed by atoms with E-state index in [1.165, 1.54) is 28.4 Å². The molecular weight excluding hydrogens is 450 g/mol. The number of benzene rings is 3. The highest BCUT2D eigenvalue weighted by molar-refractivity contribution is 6.32. The third-order valence-electron chi connectivity index (χ3n) is 5.43. The van der Waals surface area contributed by atoms with Gasteiger partial charge >= 0.3 is 0 Å². The number of nitrogens with zero attached hydrogens (tertiary/aromatic N) is 1. The topological polar surface area (TPSA) is 89.3 Å². The molecule has 0 unspecified atom stereocenters. The molecule has 1 heterocycles. The Kier molecular flexibility index (Phi) is 6.91. The molecule has 1 aromatic heterocycles. The second kappa shape index (κ2) is 10.2. The first kappa shape index (κ1) is 23.7. The van der Waals surface area contributed by atoms with Crippen LogP contribution in [0.5, 0.6) is 28.7 Å². The predicted molar refractivity (Wildman–Crippen MR) is 132 cm³/mol. The number of para-hydroxylation sites is 3. The van der Waals surface area contributed by atoms with E-state index in [9.17, 15) is 4.79 Å². The van der Waals surface area contributed by atoms with Crippen LogP contribution in [-0.4, -0.2) is 46.3 Å². The summed E-state index contributed by atoms with van der Waals surface area (Å²) in [5, 5.41) is 0. The largest absolute Gasteiger partial charge is 0.493 e. The first-order chi connectivity index (χ1) is 17.0. The zero-order chi connectivity index (χ0) is 24.9. The van der Waals surface area contributed by atoms with Gasteiger partial charge in [-0.05, 0) is 36.4 Å². The lowest BCUT2D eigenvalue weighted by Gasteiger charge is -2.14. The van der Waals surface area contributed by atoms with Crippen molar-refractivity contribution in [3.63, 3.8) is 0 Å². The Hall–Kier alpha value is -4.46. The summed E-state index contributed by atoms with van der Waals surface area (Å²) in [6.45, 7) is 0. The first-order valence-corrected chi connectivity index (χ1v) is 10.7. The van der Waals surface area contributed by atoms with Crippen molar-refractivity contribution in [2.75, 3.05) is 35.5 Å². The molecule has 0 bridgehead atoms. The van der Waals surface area contributed by atoms with Crippen LogP contribution in [0.4, 0.5) is 0 Å². The fourth-order valence-corrected chi connectivity index (χ4v) is 3.76. The maximum absolute atomic E-state index is 13.9. The average Bonchev–Trinajstić information content (AvgIpc) is 3.34. The van der Waals surface area contributed by atoms with Crippen molar-refractivity contribution in [3.8, 4) is 28.7 Å². The highest BCUT2D eigenvalue weighted by atomic mass is 16.5. The summed E-state index contributed by atoms with van der Waals surface area (Å²) < 4.78 is 33.2. The van der Waals surface area contributed by atoms with E-state index in [0.717, 1.165) is 0 Å². The SMILES string of the molecule is COc1cccc(/C=C(\C(=O)c2cc(OC)c(OC)c(OC)c2)c2nc3ccccc3o2)c1OC. The van der Waals surface area contributed by atoms with Gasteiger partial charge < -0.3 is 28.1 Å².